The summed E-state index contributed by atoms with van der Waals surface area (Å²) in [5.74, 6) is 1.52. The third-order valence-corrected chi connectivity index (χ3v) is 3.89. The summed E-state index contributed by atoms with van der Waals surface area (Å²) >= 11 is 0. The van der Waals surface area contributed by atoms with Crippen LogP contribution in [-0.2, 0) is 7.05 Å². The number of methoxy groups -OCH3 is 1. The summed E-state index contributed by atoms with van der Waals surface area (Å²) in [7, 11) is 3.54. The van der Waals surface area contributed by atoms with E-state index in [1.807, 2.05) is 42.1 Å². The summed E-state index contributed by atoms with van der Waals surface area (Å²) < 4.78 is 7.20. The molecule has 0 fully saturated rings. The molecular formula is C18H26N4O2. The van der Waals surface area contributed by atoms with Gasteiger partial charge in [-0.2, -0.15) is 0 Å². The molecule has 0 bridgehead atoms. The minimum atomic E-state index is -0.341. The third kappa shape index (κ3) is 4.75. The third-order valence-electron chi connectivity index (χ3n) is 3.89. The number of hydrogen-bond donors (Lipinski definition) is 2. The molecule has 0 radical (unpaired) electrons. The highest BCUT2D eigenvalue weighted by Gasteiger charge is 2.21. The highest BCUT2D eigenvalue weighted by atomic mass is 16.5. The fraction of sp³-hybridized carbons (Fsp3) is 0.444. The van der Waals surface area contributed by atoms with E-state index in [9.17, 15) is 4.79 Å². The van der Waals surface area contributed by atoms with Gasteiger partial charge in [0.1, 0.15) is 17.6 Å². The zero-order valence-corrected chi connectivity index (χ0v) is 14.6. The molecule has 2 rings (SSSR count). The fourth-order valence-electron chi connectivity index (χ4n) is 2.53. The second kappa shape index (κ2) is 8.96. The van der Waals surface area contributed by atoms with Crippen LogP contribution < -0.4 is 15.4 Å². The number of imidazole rings is 1. The number of hydrogen-bond acceptors (Lipinski definition) is 3. The van der Waals surface area contributed by atoms with Gasteiger partial charge in [0.25, 0.3) is 0 Å². The number of rotatable bonds is 8. The standard InChI is InChI=1S/C18H26N4O2/c1-4-5-6-10-20-18(23)21-16(17-19-11-12-22(17)2)14-8-7-9-15(13-14)24-3/h7-9,11-13,16H,4-6,10H2,1-3H3,(H2,20,21,23). The van der Waals surface area contributed by atoms with E-state index in [4.69, 9.17) is 4.74 Å². The molecule has 1 atom stereocenters. The lowest BCUT2D eigenvalue weighted by Gasteiger charge is -2.20. The molecule has 1 heterocycles. The predicted molar refractivity (Wildman–Crippen MR) is 94.1 cm³/mol. The maximum atomic E-state index is 12.3. The topological polar surface area (TPSA) is 68.2 Å². The van der Waals surface area contributed by atoms with E-state index < -0.39 is 0 Å². The Morgan fingerprint density at radius 2 is 2.21 bits per heavy atom. The van der Waals surface area contributed by atoms with Crippen LogP contribution in [0.15, 0.2) is 36.7 Å². The lowest BCUT2D eigenvalue weighted by atomic mass is 10.1. The van der Waals surface area contributed by atoms with Gasteiger partial charge in [-0.05, 0) is 24.1 Å². The smallest absolute Gasteiger partial charge is 0.315 e. The number of urea groups is 1. The Labute approximate surface area is 143 Å². The zero-order chi connectivity index (χ0) is 17.4. The van der Waals surface area contributed by atoms with E-state index in [1.165, 1.54) is 0 Å². The minimum absolute atomic E-state index is 0.193. The SMILES string of the molecule is CCCCCNC(=O)NC(c1cccc(OC)c1)c1nccn1C. The molecule has 2 N–H and O–H groups in total. The van der Waals surface area contributed by atoms with Crippen LogP contribution >= 0.6 is 0 Å². The van der Waals surface area contributed by atoms with Crippen LogP contribution in [-0.4, -0.2) is 29.2 Å². The number of ether oxygens (including phenoxy) is 1. The van der Waals surface area contributed by atoms with Crippen LogP contribution in [0, 0.1) is 0 Å². The van der Waals surface area contributed by atoms with Crippen molar-refractivity contribution in [1.82, 2.24) is 20.2 Å². The lowest BCUT2D eigenvalue weighted by molar-refractivity contribution is 0.238. The molecule has 130 valence electrons. The fourth-order valence-corrected chi connectivity index (χ4v) is 2.53. The van der Waals surface area contributed by atoms with Crippen molar-refractivity contribution in [3.63, 3.8) is 0 Å². The molecule has 1 unspecified atom stereocenters. The number of carbonyl (C=O) groups is 1. The monoisotopic (exact) mass is 330 g/mol. The molecule has 2 amide bonds. The van der Waals surface area contributed by atoms with E-state index in [-0.39, 0.29) is 12.1 Å². The van der Waals surface area contributed by atoms with E-state index in [0.717, 1.165) is 36.4 Å². The van der Waals surface area contributed by atoms with Gasteiger partial charge in [-0.25, -0.2) is 9.78 Å². The van der Waals surface area contributed by atoms with Crippen molar-refractivity contribution in [2.75, 3.05) is 13.7 Å². The Bertz CT molecular complexity index is 654. The molecule has 0 aliphatic heterocycles. The largest absolute Gasteiger partial charge is 0.497 e. The summed E-state index contributed by atoms with van der Waals surface area (Å²) in [6.45, 7) is 2.81. The summed E-state index contributed by atoms with van der Waals surface area (Å²) in [5, 5.41) is 5.93. The average molecular weight is 330 g/mol. The second-order valence-electron chi connectivity index (χ2n) is 5.71. The van der Waals surface area contributed by atoms with Gasteiger partial charge < -0.3 is 19.9 Å². The number of aromatic nitrogens is 2. The van der Waals surface area contributed by atoms with Crippen LogP contribution in [0.4, 0.5) is 4.79 Å². The van der Waals surface area contributed by atoms with Crippen molar-refractivity contribution in [2.45, 2.75) is 32.2 Å². The van der Waals surface area contributed by atoms with Gasteiger partial charge >= 0.3 is 6.03 Å². The normalized spacial score (nSPS) is 11.8. The number of nitrogens with zero attached hydrogens (tertiary/aromatic N) is 2. The molecule has 0 saturated heterocycles. The maximum absolute atomic E-state index is 12.3. The van der Waals surface area contributed by atoms with Crippen molar-refractivity contribution in [1.29, 1.82) is 0 Å². The van der Waals surface area contributed by atoms with Crippen molar-refractivity contribution in [3.8, 4) is 5.75 Å². The molecule has 6 nitrogen and oxygen atoms in total. The molecule has 2 aromatic rings. The van der Waals surface area contributed by atoms with Crippen LogP contribution in [0.5, 0.6) is 5.75 Å². The van der Waals surface area contributed by atoms with Crippen LogP contribution in [0.25, 0.3) is 0 Å². The average Bonchev–Trinajstić information content (AvgIpc) is 3.02. The molecule has 6 heteroatoms. The number of amides is 2. The predicted octanol–water partition coefficient (Wildman–Crippen LogP) is 3.01. The van der Waals surface area contributed by atoms with E-state index in [1.54, 1.807) is 13.3 Å². The number of unbranched alkanes of at least 4 members (excludes halogenated alkanes) is 2. The van der Waals surface area contributed by atoms with Crippen LogP contribution in [0.1, 0.15) is 43.6 Å². The van der Waals surface area contributed by atoms with E-state index in [0.29, 0.717) is 6.54 Å². The Morgan fingerprint density at radius 1 is 1.38 bits per heavy atom. The van der Waals surface area contributed by atoms with Gasteiger partial charge in [0.05, 0.1) is 7.11 Å². The molecule has 0 saturated carbocycles. The van der Waals surface area contributed by atoms with Gasteiger partial charge in [0.15, 0.2) is 0 Å². The minimum Gasteiger partial charge on any atom is -0.497 e. The van der Waals surface area contributed by atoms with Gasteiger partial charge in [0, 0.05) is 26.0 Å². The van der Waals surface area contributed by atoms with E-state index >= 15 is 0 Å². The Morgan fingerprint density at radius 3 is 2.88 bits per heavy atom. The highest BCUT2D eigenvalue weighted by molar-refractivity contribution is 5.74. The zero-order valence-electron chi connectivity index (χ0n) is 14.6. The Kier molecular flexibility index (Phi) is 6.66. The second-order valence-corrected chi connectivity index (χ2v) is 5.71. The molecule has 0 spiro atoms. The summed E-state index contributed by atoms with van der Waals surface area (Å²) in [6, 6.07) is 7.12. The Balaban J connectivity index is 2.15. The number of carbonyl (C=O) groups excluding carboxylic acids is 1. The summed E-state index contributed by atoms with van der Waals surface area (Å²) in [4.78, 5) is 16.7. The molecular weight excluding hydrogens is 304 g/mol. The first kappa shape index (κ1) is 17.8. The van der Waals surface area contributed by atoms with Gasteiger partial charge in [0.2, 0.25) is 0 Å². The number of benzene rings is 1. The molecule has 1 aromatic heterocycles. The number of nitrogens with one attached hydrogen (secondary N) is 2. The van der Waals surface area contributed by atoms with Gasteiger partial charge in [-0.3, -0.25) is 0 Å². The highest BCUT2D eigenvalue weighted by Crippen LogP contribution is 2.24. The summed E-state index contributed by atoms with van der Waals surface area (Å²) in [5.41, 5.74) is 0.923. The quantitative estimate of drug-likeness (QED) is 0.731. The summed E-state index contributed by atoms with van der Waals surface area (Å²) in [6.07, 6.45) is 6.81. The van der Waals surface area contributed by atoms with Crippen molar-refractivity contribution in [2.24, 2.45) is 7.05 Å². The first-order valence-electron chi connectivity index (χ1n) is 8.31. The maximum Gasteiger partial charge on any atom is 0.315 e. The van der Waals surface area contributed by atoms with Crippen molar-refractivity contribution in [3.05, 3.63) is 48.0 Å². The lowest BCUT2D eigenvalue weighted by Crippen LogP contribution is -2.39. The van der Waals surface area contributed by atoms with Gasteiger partial charge in [-0.1, -0.05) is 31.9 Å². The molecule has 0 aliphatic carbocycles. The molecule has 24 heavy (non-hydrogen) atoms. The van der Waals surface area contributed by atoms with E-state index in [2.05, 4.69) is 22.5 Å². The molecule has 0 aliphatic rings. The van der Waals surface area contributed by atoms with Crippen molar-refractivity contribution >= 4 is 6.03 Å². The first-order chi connectivity index (χ1) is 11.7. The Hall–Kier alpha value is -2.50. The van der Waals surface area contributed by atoms with Crippen LogP contribution in [0.3, 0.4) is 0 Å². The molecule has 1 aromatic carbocycles. The van der Waals surface area contributed by atoms with Crippen LogP contribution in [0.2, 0.25) is 0 Å². The first-order valence-corrected chi connectivity index (χ1v) is 8.31. The van der Waals surface area contributed by atoms with Crippen molar-refractivity contribution < 1.29 is 9.53 Å². The number of aryl methyl sites for hydroxylation is 1. The van der Waals surface area contributed by atoms with Gasteiger partial charge in [-0.15, -0.1) is 0 Å².